The normalized spacial score (nSPS) is 10.4. The minimum absolute atomic E-state index is 0.0383. The SMILES string of the molecule is COc1ccc(-c2nnc(COc3cc(OC)ccc3C(C)=O)o2)cc1. The second-order valence-electron chi connectivity index (χ2n) is 5.44. The fraction of sp³-hybridized carbons (Fsp3) is 0.211. The first-order chi connectivity index (χ1) is 12.6. The van der Waals surface area contributed by atoms with Gasteiger partial charge >= 0.3 is 0 Å². The first-order valence-corrected chi connectivity index (χ1v) is 7.89. The zero-order valence-electron chi connectivity index (χ0n) is 14.7. The third-order valence-electron chi connectivity index (χ3n) is 3.72. The third kappa shape index (κ3) is 3.83. The molecule has 1 heterocycles. The largest absolute Gasteiger partial charge is 0.497 e. The lowest BCUT2D eigenvalue weighted by Crippen LogP contribution is -2.02. The van der Waals surface area contributed by atoms with Gasteiger partial charge in [0, 0.05) is 11.6 Å². The topological polar surface area (TPSA) is 83.7 Å². The number of hydrogen-bond donors (Lipinski definition) is 0. The molecule has 0 N–H and O–H groups in total. The van der Waals surface area contributed by atoms with E-state index >= 15 is 0 Å². The quantitative estimate of drug-likeness (QED) is 0.600. The van der Waals surface area contributed by atoms with Gasteiger partial charge in [0.2, 0.25) is 5.89 Å². The summed E-state index contributed by atoms with van der Waals surface area (Å²) in [7, 11) is 3.15. The number of hydrogen-bond acceptors (Lipinski definition) is 7. The number of carbonyl (C=O) groups is 1. The Morgan fingerprint density at radius 1 is 1.00 bits per heavy atom. The van der Waals surface area contributed by atoms with Crippen molar-refractivity contribution >= 4 is 5.78 Å². The van der Waals surface area contributed by atoms with Crippen LogP contribution in [0.1, 0.15) is 23.2 Å². The predicted octanol–water partition coefficient (Wildman–Crippen LogP) is 3.54. The molecule has 0 unspecified atom stereocenters. The highest BCUT2D eigenvalue weighted by molar-refractivity contribution is 5.97. The monoisotopic (exact) mass is 354 g/mol. The summed E-state index contributed by atoms with van der Waals surface area (Å²) >= 11 is 0. The summed E-state index contributed by atoms with van der Waals surface area (Å²) in [5.41, 5.74) is 1.23. The Kier molecular flexibility index (Phi) is 5.17. The van der Waals surface area contributed by atoms with Crippen molar-refractivity contribution in [1.82, 2.24) is 10.2 Å². The molecule has 0 spiro atoms. The van der Waals surface area contributed by atoms with E-state index in [4.69, 9.17) is 18.6 Å². The van der Waals surface area contributed by atoms with Gasteiger partial charge in [0.15, 0.2) is 12.4 Å². The average Bonchev–Trinajstić information content (AvgIpc) is 3.15. The van der Waals surface area contributed by atoms with Crippen molar-refractivity contribution in [3.8, 4) is 28.7 Å². The molecule has 134 valence electrons. The Morgan fingerprint density at radius 2 is 1.69 bits per heavy atom. The molecule has 0 bridgehead atoms. The van der Waals surface area contributed by atoms with Crippen LogP contribution in [0.25, 0.3) is 11.5 Å². The molecule has 0 fully saturated rings. The van der Waals surface area contributed by atoms with Crippen LogP contribution < -0.4 is 14.2 Å². The molecular weight excluding hydrogens is 336 g/mol. The summed E-state index contributed by atoms with van der Waals surface area (Å²) in [4.78, 5) is 11.7. The minimum atomic E-state index is -0.105. The van der Waals surface area contributed by atoms with Gasteiger partial charge in [-0.1, -0.05) is 0 Å². The van der Waals surface area contributed by atoms with Gasteiger partial charge in [-0.05, 0) is 43.3 Å². The highest BCUT2D eigenvalue weighted by atomic mass is 16.5. The fourth-order valence-electron chi connectivity index (χ4n) is 2.34. The molecule has 3 rings (SSSR count). The van der Waals surface area contributed by atoms with Gasteiger partial charge in [0.25, 0.3) is 5.89 Å². The van der Waals surface area contributed by atoms with Crippen molar-refractivity contribution in [1.29, 1.82) is 0 Å². The van der Waals surface area contributed by atoms with E-state index < -0.39 is 0 Å². The molecule has 7 heteroatoms. The lowest BCUT2D eigenvalue weighted by Gasteiger charge is -2.09. The van der Waals surface area contributed by atoms with Gasteiger partial charge < -0.3 is 18.6 Å². The van der Waals surface area contributed by atoms with Gasteiger partial charge in [0.05, 0.1) is 19.8 Å². The number of benzene rings is 2. The van der Waals surface area contributed by atoms with Crippen molar-refractivity contribution < 1.29 is 23.4 Å². The van der Waals surface area contributed by atoms with Gasteiger partial charge in [-0.15, -0.1) is 10.2 Å². The Morgan fingerprint density at radius 3 is 2.35 bits per heavy atom. The van der Waals surface area contributed by atoms with Crippen molar-refractivity contribution in [2.45, 2.75) is 13.5 Å². The Bertz CT molecular complexity index is 903. The van der Waals surface area contributed by atoms with Crippen molar-refractivity contribution in [3.63, 3.8) is 0 Å². The summed E-state index contributed by atoms with van der Waals surface area (Å²) in [5.74, 6) is 2.31. The summed E-state index contributed by atoms with van der Waals surface area (Å²) in [5, 5.41) is 7.99. The summed E-state index contributed by atoms with van der Waals surface area (Å²) in [6.07, 6.45) is 0. The molecule has 3 aromatic rings. The van der Waals surface area contributed by atoms with E-state index in [-0.39, 0.29) is 12.4 Å². The van der Waals surface area contributed by atoms with Gasteiger partial charge in [0.1, 0.15) is 17.2 Å². The van der Waals surface area contributed by atoms with Crippen molar-refractivity contribution in [3.05, 3.63) is 53.9 Å². The van der Waals surface area contributed by atoms with Crippen LogP contribution in [-0.2, 0) is 6.61 Å². The van der Waals surface area contributed by atoms with Gasteiger partial charge in [-0.2, -0.15) is 0 Å². The third-order valence-corrected chi connectivity index (χ3v) is 3.72. The van der Waals surface area contributed by atoms with Crippen LogP contribution >= 0.6 is 0 Å². The molecule has 0 aliphatic heterocycles. The maximum Gasteiger partial charge on any atom is 0.254 e. The molecule has 0 saturated carbocycles. The maximum atomic E-state index is 11.7. The van der Waals surface area contributed by atoms with Crippen LogP contribution in [0.3, 0.4) is 0 Å². The zero-order chi connectivity index (χ0) is 18.5. The van der Waals surface area contributed by atoms with Crippen LogP contribution in [-0.4, -0.2) is 30.2 Å². The van der Waals surface area contributed by atoms with Gasteiger partial charge in [-0.3, -0.25) is 4.79 Å². The van der Waals surface area contributed by atoms with Crippen LogP contribution in [0, 0.1) is 0 Å². The highest BCUT2D eigenvalue weighted by Gasteiger charge is 2.13. The molecule has 0 aliphatic rings. The van der Waals surface area contributed by atoms with E-state index in [1.807, 2.05) is 24.3 Å². The number of rotatable bonds is 7. The molecule has 0 radical (unpaired) electrons. The standard InChI is InChI=1S/C19H18N2O5/c1-12(22)16-9-8-15(24-3)10-17(16)25-11-18-20-21-19(26-18)13-4-6-14(23-2)7-5-13/h4-10H,11H2,1-3H3. The van der Waals surface area contributed by atoms with E-state index in [9.17, 15) is 4.79 Å². The van der Waals surface area contributed by atoms with E-state index in [1.165, 1.54) is 6.92 Å². The molecule has 26 heavy (non-hydrogen) atoms. The number of nitrogens with zero attached hydrogens (tertiary/aromatic N) is 2. The number of Topliss-reactive ketones (excluding diaryl/α,β-unsaturated/α-hetero) is 1. The Balaban J connectivity index is 1.74. The lowest BCUT2D eigenvalue weighted by molar-refractivity contribution is 0.101. The molecule has 7 nitrogen and oxygen atoms in total. The van der Waals surface area contributed by atoms with E-state index in [0.29, 0.717) is 28.8 Å². The molecule has 0 saturated heterocycles. The number of aromatic nitrogens is 2. The zero-order valence-corrected chi connectivity index (χ0v) is 14.7. The highest BCUT2D eigenvalue weighted by Crippen LogP contribution is 2.27. The maximum absolute atomic E-state index is 11.7. The first kappa shape index (κ1) is 17.5. The minimum Gasteiger partial charge on any atom is -0.497 e. The molecular formula is C19H18N2O5. The second-order valence-corrected chi connectivity index (χ2v) is 5.44. The van der Waals surface area contributed by atoms with E-state index in [2.05, 4.69) is 10.2 Å². The van der Waals surface area contributed by atoms with Crippen LogP contribution in [0.15, 0.2) is 46.9 Å². The molecule has 0 atom stereocenters. The van der Waals surface area contributed by atoms with Crippen LogP contribution in [0.4, 0.5) is 0 Å². The second kappa shape index (κ2) is 7.69. The summed E-state index contributed by atoms with van der Waals surface area (Å²) in [6.45, 7) is 1.51. The van der Waals surface area contributed by atoms with E-state index in [0.717, 1.165) is 11.3 Å². The van der Waals surface area contributed by atoms with Crippen molar-refractivity contribution in [2.24, 2.45) is 0 Å². The van der Waals surface area contributed by atoms with Gasteiger partial charge in [-0.25, -0.2) is 0 Å². The first-order valence-electron chi connectivity index (χ1n) is 7.89. The molecule has 0 aliphatic carbocycles. The van der Waals surface area contributed by atoms with Crippen LogP contribution in [0.5, 0.6) is 17.2 Å². The number of carbonyl (C=O) groups excluding carboxylic acids is 1. The molecule has 0 amide bonds. The number of ether oxygens (including phenoxy) is 3. The smallest absolute Gasteiger partial charge is 0.254 e. The van der Waals surface area contributed by atoms with Crippen LogP contribution in [0.2, 0.25) is 0 Å². The van der Waals surface area contributed by atoms with E-state index in [1.54, 1.807) is 32.4 Å². The fourth-order valence-corrected chi connectivity index (χ4v) is 2.34. The van der Waals surface area contributed by atoms with Crippen molar-refractivity contribution in [2.75, 3.05) is 14.2 Å². The summed E-state index contributed by atoms with van der Waals surface area (Å²) in [6, 6.07) is 12.3. The lowest BCUT2D eigenvalue weighted by atomic mass is 10.1. The average molecular weight is 354 g/mol. The predicted molar refractivity (Wildman–Crippen MR) is 93.6 cm³/mol. The Hall–Kier alpha value is -3.35. The Labute approximate surface area is 150 Å². The summed E-state index contributed by atoms with van der Waals surface area (Å²) < 4.78 is 21.6. The number of ketones is 1. The number of methoxy groups -OCH3 is 2. The molecule has 2 aromatic carbocycles. The molecule has 1 aromatic heterocycles.